The van der Waals surface area contributed by atoms with Gasteiger partial charge in [0.05, 0.1) is 28.1 Å². The topological polar surface area (TPSA) is 92.8 Å². The first-order valence-corrected chi connectivity index (χ1v) is 15.0. The Kier molecular flexibility index (Phi) is 6.71. The van der Waals surface area contributed by atoms with Gasteiger partial charge in [0.25, 0.3) is 5.91 Å². The van der Waals surface area contributed by atoms with E-state index in [4.69, 9.17) is 16.3 Å². The number of nitrogens with zero attached hydrogens (tertiary/aromatic N) is 1. The number of rotatable bonds is 5. The molecule has 4 aromatic rings. The Morgan fingerprint density at radius 2 is 1.33 bits per heavy atom. The summed E-state index contributed by atoms with van der Waals surface area (Å²) in [6, 6.07) is 25.8. The summed E-state index contributed by atoms with van der Waals surface area (Å²) in [6.07, 6.45) is 0. The zero-order valence-corrected chi connectivity index (χ0v) is 25.2. The number of esters is 1. The molecule has 4 aliphatic rings. The molecular weight excluding hydrogens is 632 g/mol. The Balaban J connectivity index is 1.16. The van der Waals surface area contributed by atoms with Crippen molar-refractivity contribution in [1.82, 2.24) is 0 Å². The van der Waals surface area contributed by atoms with Gasteiger partial charge in [-0.3, -0.25) is 14.4 Å². The highest BCUT2D eigenvalue weighted by Gasteiger charge is 2.62. The van der Waals surface area contributed by atoms with E-state index in [0.717, 1.165) is 27.2 Å². The van der Waals surface area contributed by atoms with E-state index in [1.54, 1.807) is 37.3 Å². The van der Waals surface area contributed by atoms with Crippen molar-refractivity contribution in [1.29, 1.82) is 0 Å². The molecule has 9 heteroatoms. The molecule has 7 nitrogen and oxygen atoms in total. The standard InChI is InChI=1S/C34H24BrClN2O5/c1-17-24(15-14-23(35)31(17)36)37-26(39)16-43-34(42)22-12-6-7-13-25(22)38-32(40)29-27-18-8-2-3-9-19(18)28(30(29)33(38)41)21-11-5-4-10-20(21)27/h2-15,27-30H,16H2,1H3,(H,37,39)/t27?,28?,29-,30-/m1/s1. The van der Waals surface area contributed by atoms with Crippen molar-refractivity contribution < 1.29 is 23.9 Å². The molecule has 1 heterocycles. The van der Waals surface area contributed by atoms with Crippen LogP contribution in [-0.2, 0) is 19.1 Å². The minimum Gasteiger partial charge on any atom is -0.452 e. The average molecular weight is 656 g/mol. The van der Waals surface area contributed by atoms with E-state index in [1.165, 1.54) is 6.07 Å². The Bertz CT molecular complexity index is 1760. The SMILES string of the molecule is Cc1c(NC(=O)COC(=O)c2ccccc2N2C(=O)[C@@H]3C4c5ccccc5C(c5ccccc54)[C@H]3C2=O)ccc(Br)c1Cl. The molecule has 214 valence electrons. The molecule has 0 aromatic heterocycles. The first-order chi connectivity index (χ1) is 20.8. The van der Waals surface area contributed by atoms with E-state index < -0.39 is 30.3 Å². The number of imide groups is 1. The maximum Gasteiger partial charge on any atom is 0.340 e. The smallest absolute Gasteiger partial charge is 0.340 e. The van der Waals surface area contributed by atoms with Crippen LogP contribution in [0.2, 0.25) is 5.02 Å². The Labute approximate surface area is 260 Å². The van der Waals surface area contributed by atoms with Crippen LogP contribution in [0.25, 0.3) is 0 Å². The second kappa shape index (κ2) is 10.5. The van der Waals surface area contributed by atoms with Crippen molar-refractivity contribution in [2.45, 2.75) is 18.8 Å². The van der Waals surface area contributed by atoms with Crippen molar-refractivity contribution in [3.05, 3.63) is 128 Å². The predicted octanol–water partition coefficient (Wildman–Crippen LogP) is 6.60. The van der Waals surface area contributed by atoms with E-state index in [0.29, 0.717) is 20.7 Å². The zero-order valence-electron chi connectivity index (χ0n) is 22.8. The normalized spacial score (nSPS) is 21.2. The van der Waals surface area contributed by atoms with Gasteiger partial charge < -0.3 is 10.1 Å². The number of amides is 3. The van der Waals surface area contributed by atoms with E-state index in [9.17, 15) is 19.2 Å². The van der Waals surface area contributed by atoms with Crippen molar-refractivity contribution in [2.75, 3.05) is 16.8 Å². The maximum atomic E-state index is 14.2. The quantitative estimate of drug-likeness (QED) is 0.193. The number of hydrogen-bond acceptors (Lipinski definition) is 5. The second-order valence-corrected chi connectivity index (χ2v) is 12.2. The third-order valence-corrected chi connectivity index (χ3v) is 10.1. The van der Waals surface area contributed by atoms with Crippen LogP contribution in [0.4, 0.5) is 11.4 Å². The summed E-state index contributed by atoms with van der Waals surface area (Å²) in [5, 5.41) is 3.16. The first kappa shape index (κ1) is 27.6. The summed E-state index contributed by atoms with van der Waals surface area (Å²) in [4.78, 5) is 55.4. The summed E-state index contributed by atoms with van der Waals surface area (Å²) >= 11 is 9.60. The van der Waals surface area contributed by atoms with E-state index >= 15 is 0 Å². The third kappa shape index (κ3) is 4.23. The molecule has 0 saturated carbocycles. The molecule has 3 amide bonds. The number of carbonyl (C=O) groups excluding carboxylic acids is 4. The Morgan fingerprint density at radius 3 is 1.88 bits per heavy atom. The highest BCUT2D eigenvalue weighted by molar-refractivity contribution is 9.10. The van der Waals surface area contributed by atoms with Gasteiger partial charge in [0.1, 0.15) is 0 Å². The van der Waals surface area contributed by atoms with Gasteiger partial charge in [0.2, 0.25) is 11.8 Å². The summed E-state index contributed by atoms with van der Waals surface area (Å²) in [5.41, 5.74) is 5.59. The van der Waals surface area contributed by atoms with Crippen molar-refractivity contribution in [3.8, 4) is 0 Å². The fourth-order valence-corrected chi connectivity index (χ4v) is 7.53. The molecule has 2 bridgehead atoms. The van der Waals surface area contributed by atoms with E-state index in [-0.39, 0.29) is 34.9 Å². The zero-order chi connectivity index (χ0) is 30.0. The number of hydrogen-bond donors (Lipinski definition) is 1. The molecule has 1 N–H and O–H groups in total. The van der Waals surface area contributed by atoms with Gasteiger partial charge in [-0.1, -0.05) is 72.3 Å². The number of anilines is 2. The van der Waals surface area contributed by atoms with Gasteiger partial charge in [0.15, 0.2) is 6.61 Å². The predicted molar refractivity (Wildman–Crippen MR) is 165 cm³/mol. The van der Waals surface area contributed by atoms with E-state index in [1.807, 2.05) is 48.5 Å². The number of para-hydroxylation sites is 1. The second-order valence-electron chi connectivity index (χ2n) is 11.0. The molecule has 43 heavy (non-hydrogen) atoms. The van der Waals surface area contributed by atoms with Crippen LogP contribution >= 0.6 is 27.5 Å². The van der Waals surface area contributed by atoms with Gasteiger partial charge in [-0.2, -0.15) is 0 Å². The van der Waals surface area contributed by atoms with Gasteiger partial charge in [-0.25, -0.2) is 9.69 Å². The number of nitrogens with one attached hydrogen (secondary N) is 1. The van der Waals surface area contributed by atoms with Crippen LogP contribution in [0.1, 0.15) is 50.0 Å². The van der Waals surface area contributed by atoms with Gasteiger partial charge in [-0.05, 0) is 74.9 Å². The van der Waals surface area contributed by atoms with E-state index in [2.05, 4.69) is 21.2 Å². The molecule has 0 spiro atoms. The largest absolute Gasteiger partial charge is 0.452 e. The summed E-state index contributed by atoms with van der Waals surface area (Å²) in [5.74, 6) is -3.75. The average Bonchev–Trinajstić information content (AvgIpc) is 3.30. The van der Waals surface area contributed by atoms with Gasteiger partial charge in [0, 0.05) is 22.0 Å². The number of benzene rings is 4. The fourth-order valence-electron chi connectivity index (χ4n) is 6.94. The molecular formula is C34H24BrClN2O5. The minimum atomic E-state index is -0.818. The molecule has 2 atom stereocenters. The van der Waals surface area contributed by atoms with Crippen molar-refractivity contribution in [2.24, 2.45) is 11.8 Å². The fraction of sp³-hybridized carbons (Fsp3) is 0.176. The molecule has 1 aliphatic heterocycles. The van der Waals surface area contributed by atoms with Crippen LogP contribution < -0.4 is 10.2 Å². The number of carbonyl (C=O) groups is 4. The lowest BCUT2D eigenvalue weighted by Gasteiger charge is -2.45. The lowest BCUT2D eigenvalue weighted by Crippen LogP contribution is -2.41. The van der Waals surface area contributed by atoms with Crippen LogP contribution in [0.5, 0.6) is 0 Å². The molecule has 1 saturated heterocycles. The highest BCUT2D eigenvalue weighted by atomic mass is 79.9. The molecule has 3 aliphatic carbocycles. The Hall–Kier alpha value is -4.27. The van der Waals surface area contributed by atoms with Gasteiger partial charge >= 0.3 is 5.97 Å². The Morgan fingerprint density at radius 1 is 0.814 bits per heavy atom. The monoisotopic (exact) mass is 654 g/mol. The lowest BCUT2D eigenvalue weighted by molar-refractivity contribution is -0.122. The highest BCUT2D eigenvalue weighted by Crippen LogP contribution is 2.61. The number of ether oxygens (including phenoxy) is 1. The van der Waals surface area contributed by atoms with Crippen LogP contribution in [0.15, 0.2) is 89.4 Å². The summed E-state index contributed by atoms with van der Waals surface area (Å²) < 4.78 is 6.05. The van der Waals surface area contributed by atoms with Crippen molar-refractivity contribution in [3.63, 3.8) is 0 Å². The van der Waals surface area contributed by atoms with Crippen LogP contribution in [-0.4, -0.2) is 30.3 Å². The molecule has 0 radical (unpaired) electrons. The molecule has 8 rings (SSSR count). The summed E-state index contributed by atoms with van der Waals surface area (Å²) in [6.45, 7) is 1.19. The van der Waals surface area contributed by atoms with Crippen molar-refractivity contribution >= 4 is 62.6 Å². The van der Waals surface area contributed by atoms with Crippen LogP contribution in [0.3, 0.4) is 0 Å². The first-order valence-electron chi connectivity index (χ1n) is 13.8. The molecule has 0 unspecified atom stereocenters. The number of halogens is 2. The molecule has 4 aromatic carbocycles. The van der Waals surface area contributed by atoms with Crippen LogP contribution in [0, 0.1) is 18.8 Å². The lowest BCUT2D eigenvalue weighted by atomic mass is 9.55. The van der Waals surface area contributed by atoms with Gasteiger partial charge in [-0.15, -0.1) is 0 Å². The molecule has 1 fully saturated rings. The third-order valence-electron chi connectivity index (χ3n) is 8.76. The summed E-state index contributed by atoms with van der Waals surface area (Å²) in [7, 11) is 0. The minimum absolute atomic E-state index is 0.0286. The maximum absolute atomic E-state index is 14.2.